The zero-order chi connectivity index (χ0) is 9.00. The zero-order valence-corrected chi connectivity index (χ0v) is 15.2. The molecular weight excluding hydrogens is 265 g/mol. The van der Waals surface area contributed by atoms with Crippen molar-refractivity contribution >= 4 is 16.1 Å². The van der Waals surface area contributed by atoms with Crippen LogP contribution >= 0.6 is 0 Å². The molecule has 0 amide bonds. The minimum absolute atomic E-state index is 0. The molecule has 0 nitrogen and oxygen atoms in total. The molecule has 0 aliphatic heterocycles. The number of rotatable bonds is 0. The Labute approximate surface area is 95.3 Å². The summed E-state index contributed by atoms with van der Waals surface area (Å²) >= 11 is 0. The Morgan fingerprint density at radius 3 is 0.636 bits per heavy atom. The zero-order valence-electron chi connectivity index (χ0n) is 9.12. The van der Waals surface area contributed by atoms with Gasteiger partial charge in [0.15, 0.2) is 0 Å². The van der Waals surface area contributed by atoms with Crippen molar-refractivity contribution in [3.05, 3.63) is 13.1 Å². The molecule has 0 aliphatic carbocycles. The fraction of sp³-hybridized carbons (Fsp3) is 0.750. The van der Waals surface area contributed by atoms with Crippen molar-refractivity contribution in [3.8, 4) is 0 Å². The molecule has 0 fully saturated rings. The first-order chi connectivity index (χ1) is 4.00. The van der Waals surface area contributed by atoms with E-state index >= 15 is 0 Å². The Kier molecular flexibility index (Phi) is 11.3. The second kappa shape index (κ2) is 6.83. The Bertz CT molecular complexity index is 55.1. The van der Waals surface area contributed by atoms with Crippen LogP contribution in [0.15, 0.2) is 0 Å². The average molecular weight is 287 g/mol. The maximum absolute atomic E-state index is 3.91. The summed E-state index contributed by atoms with van der Waals surface area (Å²) in [5.41, 5.74) is 0. The van der Waals surface area contributed by atoms with E-state index < -0.39 is 16.1 Å². The maximum atomic E-state index is 3.91. The molecule has 0 aromatic carbocycles. The summed E-state index contributed by atoms with van der Waals surface area (Å²) < 4.78 is 0. The average Bonchev–Trinajstić information content (AvgIpc) is 1.12. The molecular formula is C8H22CdSi2. The van der Waals surface area contributed by atoms with Gasteiger partial charge in [0, 0.05) is 0 Å². The van der Waals surface area contributed by atoms with Crippen LogP contribution in [0.4, 0.5) is 0 Å². The fourth-order valence-electron chi connectivity index (χ4n) is 0. The summed E-state index contributed by atoms with van der Waals surface area (Å²) in [6.45, 7) is 21.1. The van der Waals surface area contributed by atoms with Crippen molar-refractivity contribution in [2.45, 2.75) is 39.3 Å². The summed E-state index contributed by atoms with van der Waals surface area (Å²) in [7, 11) is -1.72. The van der Waals surface area contributed by atoms with Gasteiger partial charge in [0.25, 0.3) is 0 Å². The van der Waals surface area contributed by atoms with Gasteiger partial charge in [-0.25, -0.2) is 0 Å². The minimum Gasteiger partial charge on any atom is -0.342 e. The summed E-state index contributed by atoms with van der Waals surface area (Å²) in [6.07, 6.45) is 0. The monoisotopic (exact) mass is 288 g/mol. The van der Waals surface area contributed by atoms with E-state index in [2.05, 4.69) is 52.4 Å². The van der Waals surface area contributed by atoms with Crippen LogP contribution in [-0.4, -0.2) is 16.1 Å². The van der Waals surface area contributed by atoms with Gasteiger partial charge in [-0.15, -0.1) is 16.1 Å². The molecule has 0 saturated heterocycles. The third-order valence-electron chi connectivity index (χ3n) is 0. The first-order valence-corrected chi connectivity index (χ1v) is 11.1. The van der Waals surface area contributed by atoms with Crippen LogP contribution in [0.2, 0.25) is 39.3 Å². The first-order valence-electron chi connectivity index (χ1n) is 3.71. The van der Waals surface area contributed by atoms with Gasteiger partial charge in [0.05, 0.1) is 0 Å². The molecule has 0 bridgehead atoms. The molecule has 64 valence electrons. The van der Waals surface area contributed by atoms with Crippen LogP contribution in [0, 0.1) is 13.1 Å². The standard InChI is InChI=1S/2C4H11Si.Cd/c2*1-5(2,3)4;/h2*1H2,2-4H3;/q2*-1;+2. The van der Waals surface area contributed by atoms with E-state index in [-0.39, 0.29) is 27.3 Å². The van der Waals surface area contributed by atoms with Crippen molar-refractivity contribution in [1.82, 2.24) is 0 Å². The molecule has 0 saturated carbocycles. The van der Waals surface area contributed by atoms with Crippen molar-refractivity contribution in [3.63, 3.8) is 0 Å². The molecule has 3 heteroatoms. The molecule has 0 aliphatic rings. The molecule has 0 unspecified atom stereocenters. The molecule has 0 spiro atoms. The van der Waals surface area contributed by atoms with E-state index in [9.17, 15) is 0 Å². The number of hydrogen-bond donors (Lipinski definition) is 0. The van der Waals surface area contributed by atoms with E-state index in [4.69, 9.17) is 0 Å². The molecule has 0 aromatic heterocycles. The molecule has 0 heterocycles. The van der Waals surface area contributed by atoms with Crippen LogP contribution in [0.3, 0.4) is 0 Å². The maximum Gasteiger partial charge on any atom is 2.00 e. The van der Waals surface area contributed by atoms with Crippen LogP contribution in [0.1, 0.15) is 0 Å². The topological polar surface area (TPSA) is 0 Å². The van der Waals surface area contributed by atoms with Gasteiger partial charge in [-0.05, 0) is 0 Å². The Balaban J connectivity index is -0.000000107. The third-order valence-corrected chi connectivity index (χ3v) is 0. The van der Waals surface area contributed by atoms with Gasteiger partial charge in [-0.2, -0.15) is 0 Å². The molecule has 0 aromatic rings. The summed E-state index contributed by atoms with van der Waals surface area (Å²) in [5, 5.41) is 0. The van der Waals surface area contributed by atoms with Crippen molar-refractivity contribution in [2.24, 2.45) is 0 Å². The van der Waals surface area contributed by atoms with Gasteiger partial charge >= 0.3 is 27.3 Å². The van der Waals surface area contributed by atoms with Crippen molar-refractivity contribution in [1.29, 1.82) is 0 Å². The Morgan fingerprint density at radius 2 is 0.636 bits per heavy atom. The SMILES string of the molecule is [CH2-][Si](C)(C)C.[CH2-][Si](C)(C)C.[Cd+2]. The summed E-state index contributed by atoms with van der Waals surface area (Å²) in [5.74, 6) is 0. The van der Waals surface area contributed by atoms with Crippen LogP contribution in [-0.2, 0) is 27.3 Å². The molecule has 11 heavy (non-hydrogen) atoms. The first kappa shape index (κ1) is 18.2. The summed E-state index contributed by atoms with van der Waals surface area (Å²) in [6, 6.07) is 0. The second-order valence-electron chi connectivity index (χ2n) is 5.12. The third kappa shape index (κ3) is 541. The van der Waals surface area contributed by atoms with E-state index in [1.807, 2.05) is 0 Å². The minimum atomic E-state index is -0.861. The van der Waals surface area contributed by atoms with E-state index in [1.165, 1.54) is 0 Å². The van der Waals surface area contributed by atoms with Crippen molar-refractivity contribution < 1.29 is 27.3 Å². The molecule has 0 rings (SSSR count). The van der Waals surface area contributed by atoms with Gasteiger partial charge < -0.3 is 13.1 Å². The predicted octanol–water partition coefficient (Wildman–Crippen LogP) is 3.39. The normalized spacial score (nSPS) is 10.9. The second-order valence-corrected chi connectivity index (χ2v) is 15.4. The predicted molar refractivity (Wildman–Crippen MR) is 57.4 cm³/mol. The largest absolute Gasteiger partial charge is 2.00 e. The molecule has 0 N–H and O–H groups in total. The van der Waals surface area contributed by atoms with Crippen LogP contribution in [0.5, 0.6) is 0 Å². The van der Waals surface area contributed by atoms with Gasteiger partial charge in [0.2, 0.25) is 0 Å². The van der Waals surface area contributed by atoms with Gasteiger partial charge in [-0.3, -0.25) is 0 Å². The van der Waals surface area contributed by atoms with Crippen LogP contribution < -0.4 is 0 Å². The van der Waals surface area contributed by atoms with E-state index in [1.54, 1.807) is 0 Å². The van der Waals surface area contributed by atoms with Crippen molar-refractivity contribution in [2.75, 3.05) is 0 Å². The van der Waals surface area contributed by atoms with E-state index in [0.29, 0.717) is 0 Å². The summed E-state index contributed by atoms with van der Waals surface area (Å²) in [4.78, 5) is 0. The van der Waals surface area contributed by atoms with E-state index in [0.717, 1.165) is 0 Å². The quantitative estimate of drug-likeness (QED) is 0.473. The smallest absolute Gasteiger partial charge is 0.342 e. The Morgan fingerprint density at radius 1 is 0.636 bits per heavy atom. The Hall–Kier alpha value is 1.36. The van der Waals surface area contributed by atoms with Crippen LogP contribution in [0.25, 0.3) is 0 Å². The van der Waals surface area contributed by atoms with Gasteiger partial charge in [-0.1, -0.05) is 39.3 Å². The fourth-order valence-corrected chi connectivity index (χ4v) is 0. The molecule has 0 radical (unpaired) electrons. The number of hydrogen-bond acceptors (Lipinski definition) is 0. The van der Waals surface area contributed by atoms with Gasteiger partial charge in [0.1, 0.15) is 0 Å². The molecule has 0 atom stereocenters.